The molecule has 2 heterocycles. The Hall–Kier alpha value is -1.83. The number of aromatic nitrogens is 1. The molecule has 1 saturated heterocycles. The molecule has 1 N–H and O–H groups in total. The number of nitriles is 1. The van der Waals surface area contributed by atoms with Gasteiger partial charge in [0.2, 0.25) is 0 Å². The van der Waals surface area contributed by atoms with Gasteiger partial charge in [0.25, 0.3) is 0 Å². The van der Waals surface area contributed by atoms with Crippen molar-refractivity contribution < 1.29 is 0 Å². The number of rotatable bonds is 1. The number of fused-ring (bicyclic) bond motifs is 1. The minimum atomic E-state index is 0.401. The second-order valence-corrected chi connectivity index (χ2v) is 5.53. The number of piperazine rings is 1. The maximum atomic E-state index is 9.38. The van der Waals surface area contributed by atoms with Gasteiger partial charge in [-0.2, -0.15) is 5.26 Å². The molecule has 0 bridgehead atoms. The van der Waals surface area contributed by atoms with E-state index < -0.39 is 0 Å². The van der Waals surface area contributed by atoms with Crippen molar-refractivity contribution >= 4 is 28.2 Å². The Morgan fingerprint density at radius 2 is 2.35 bits per heavy atom. The van der Waals surface area contributed by atoms with E-state index in [1.165, 1.54) is 0 Å². The van der Waals surface area contributed by atoms with Gasteiger partial charge in [0.15, 0.2) is 0 Å². The molecule has 3 rings (SSSR count). The van der Waals surface area contributed by atoms with Gasteiger partial charge in [0.1, 0.15) is 6.07 Å². The molecular formula is C15H15ClN4. The number of hydrogen-bond donors (Lipinski definition) is 1. The van der Waals surface area contributed by atoms with Crippen LogP contribution in [0, 0.1) is 11.3 Å². The van der Waals surface area contributed by atoms with E-state index in [0.29, 0.717) is 16.6 Å². The second kappa shape index (κ2) is 5.28. The molecule has 102 valence electrons. The zero-order valence-electron chi connectivity index (χ0n) is 11.2. The van der Waals surface area contributed by atoms with Crippen molar-refractivity contribution in [3.05, 3.63) is 35.0 Å². The summed E-state index contributed by atoms with van der Waals surface area (Å²) in [5.74, 6) is 0. The standard InChI is InChI=1S/C15H15ClN4/c1-10-9-20(5-4-18-10)15-11(7-17)8-19-14-3-2-12(16)6-13(14)15/h2-3,6,8,10,18H,4-5,9H2,1H3/t10-/m0/s1. The quantitative estimate of drug-likeness (QED) is 0.875. The van der Waals surface area contributed by atoms with Crippen LogP contribution in [0.15, 0.2) is 24.4 Å². The van der Waals surface area contributed by atoms with Crippen LogP contribution in [0.1, 0.15) is 12.5 Å². The van der Waals surface area contributed by atoms with Crippen LogP contribution in [0.2, 0.25) is 5.02 Å². The average molecular weight is 287 g/mol. The molecule has 5 heteroatoms. The summed E-state index contributed by atoms with van der Waals surface area (Å²) < 4.78 is 0. The lowest BCUT2D eigenvalue weighted by Gasteiger charge is -2.34. The number of anilines is 1. The summed E-state index contributed by atoms with van der Waals surface area (Å²) in [6.07, 6.45) is 1.65. The fourth-order valence-corrected chi connectivity index (χ4v) is 2.88. The molecular weight excluding hydrogens is 272 g/mol. The average Bonchev–Trinajstić information content (AvgIpc) is 2.45. The van der Waals surface area contributed by atoms with E-state index in [0.717, 1.165) is 36.2 Å². The van der Waals surface area contributed by atoms with Crippen LogP contribution >= 0.6 is 11.6 Å². The van der Waals surface area contributed by atoms with Gasteiger partial charge in [0, 0.05) is 42.3 Å². The monoisotopic (exact) mass is 286 g/mol. The van der Waals surface area contributed by atoms with E-state index >= 15 is 0 Å². The third-order valence-electron chi connectivity index (χ3n) is 3.61. The summed E-state index contributed by atoms with van der Waals surface area (Å²) in [5.41, 5.74) is 2.43. The van der Waals surface area contributed by atoms with Crippen LogP contribution in [0.25, 0.3) is 10.9 Å². The van der Waals surface area contributed by atoms with E-state index in [-0.39, 0.29) is 0 Å². The molecule has 1 atom stereocenters. The van der Waals surface area contributed by atoms with Gasteiger partial charge in [-0.15, -0.1) is 0 Å². The molecule has 1 aromatic heterocycles. The van der Waals surface area contributed by atoms with E-state index in [9.17, 15) is 5.26 Å². The normalized spacial score (nSPS) is 19.1. The lowest BCUT2D eigenvalue weighted by Crippen LogP contribution is -2.49. The maximum Gasteiger partial charge on any atom is 0.103 e. The van der Waals surface area contributed by atoms with E-state index in [4.69, 9.17) is 11.6 Å². The Balaban J connectivity index is 2.20. The van der Waals surface area contributed by atoms with E-state index in [1.54, 1.807) is 6.20 Å². The van der Waals surface area contributed by atoms with Crippen LogP contribution in [0.4, 0.5) is 5.69 Å². The number of halogens is 1. The van der Waals surface area contributed by atoms with Crippen LogP contribution in [-0.4, -0.2) is 30.7 Å². The molecule has 0 amide bonds. The summed E-state index contributed by atoms with van der Waals surface area (Å²) in [6, 6.07) is 8.27. The fourth-order valence-electron chi connectivity index (χ4n) is 2.71. The van der Waals surface area contributed by atoms with Crippen molar-refractivity contribution in [2.45, 2.75) is 13.0 Å². The van der Waals surface area contributed by atoms with Crippen molar-refractivity contribution in [3.63, 3.8) is 0 Å². The fraction of sp³-hybridized carbons (Fsp3) is 0.333. The zero-order valence-corrected chi connectivity index (χ0v) is 12.0. The van der Waals surface area contributed by atoms with Crippen molar-refractivity contribution in [2.24, 2.45) is 0 Å². The lowest BCUT2D eigenvalue weighted by molar-refractivity contribution is 0.485. The van der Waals surface area contributed by atoms with Gasteiger partial charge in [0.05, 0.1) is 16.8 Å². The number of nitrogens with one attached hydrogen (secondary N) is 1. The highest BCUT2D eigenvalue weighted by molar-refractivity contribution is 6.31. The molecule has 0 unspecified atom stereocenters. The first kappa shape index (κ1) is 13.2. The van der Waals surface area contributed by atoms with Crippen LogP contribution in [0.3, 0.4) is 0 Å². The van der Waals surface area contributed by atoms with Crippen molar-refractivity contribution in [3.8, 4) is 6.07 Å². The highest BCUT2D eigenvalue weighted by Gasteiger charge is 2.21. The Kier molecular flexibility index (Phi) is 3.47. The van der Waals surface area contributed by atoms with Gasteiger partial charge in [-0.1, -0.05) is 11.6 Å². The summed E-state index contributed by atoms with van der Waals surface area (Å²) in [7, 11) is 0. The van der Waals surface area contributed by atoms with Gasteiger partial charge in [-0.25, -0.2) is 0 Å². The van der Waals surface area contributed by atoms with Crippen LogP contribution < -0.4 is 10.2 Å². The summed E-state index contributed by atoms with van der Waals surface area (Å²) in [4.78, 5) is 6.59. The molecule has 1 aliphatic heterocycles. The Bertz CT molecular complexity index is 692. The Morgan fingerprint density at radius 1 is 1.50 bits per heavy atom. The molecule has 0 radical (unpaired) electrons. The summed E-state index contributed by atoms with van der Waals surface area (Å²) in [5, 5.41) is 14.4. The summed E-state index contributed by atoms with van der Waals surface area (Å²) in [6.45, 7) is 4.82. The van der Waals surface area contributed by atoms with Crippen LogP contribution in [-0.2, 0) is 0 Å². The molecule has 1 aliphatic rings. The van der Waals surface area contributed by atoms with Gasteiger partial charge in [-0.3, -0.25) is 4.98 Å². The molecule has 0 spiro atoms. The SMILES string of the molecule is C[C@H]1CN(c2c(C#N)cnc3ccc(Cl)cc23)CCN1. The number of nitrogens with zero attached hydrogens (tertiary/aromatic N) is 3. The van der Waals surface area contributed by atoms with Crippen LogP contribution in [0.5, 0.6) is 0 Å². The lowest BCUT2D eigenvalue weighted by atomic mass is 10.1. The highest BCUT2D eigenvalue weighted by Crippen LogP contribution is 2.31. The topological polar surface area (TPSA) is 52.0 Å². The molecule has 0 saturated carbocycles. The third kappa shape index (κ3) is 2.31. The van der Waals surface area contributed by atoms with E-state index in [2.05, 4.69) is 28.2 Å². The van der Waals surface area contributed by atoms with E-state index in [1.807, 2.05) is 18.2 Å². The number of benzene rings is 1. The molecule has 0 aliphatic carbocycles. The predicted octanol–water partition coefficient (Wildman–Crippen LogP) is 2.56. The minimum absolute atomic E-state index is 0.401. The largest absolute Gasteiger partial charge is 0.367 e. The second-order valence-electron chi connectivity index (χ2n) is 5.09. The first-order valence-corrected chi connectivity index (χ1v) is 7.03. The van der Waals surface area contributed by atoms with Crippen molar-refractivity contribution in [1.29, 1.82) is 5.26 Å². The maximum absolute atomic E-state index is 9.38. The van der Waals surface area contributed by atoms with Crippen molar-refractivity contribution in [2.75, 3.05) is 24.5 Å². The Labute approximate surface area is 123 Å². The molecule has 1 aromatic carbocycles. The molecule has 2 aromatic rings. The smallest absolute Gasteiger partial charge is 0.103 e. The first-order valence-electron chi connectivity index (χ1n) is 6.65. The van der Waals surface area contributed by atoms with Crippen molar-refractivity contribution in [1.82, 2.24) is 10.3 Å². The molecule has 20 heavy (non-hydrogen) atoms. The van der Waals surface area contributed by atoms with Gasteiger partial charge in [-0.05, 0) is 25.1 Å². The zero-order chi connectivity index (χ0) is 14.1. The summed E-state index contributed by atoms with van der Waals surface area (Å²) >= 11 is 6.11. The predicted molar refractivity (Wildman–Crippen MR) is 81.1 cm³/mol. The molecule has 1 fully saturated rings. The number of pyridine rings is 1. The molecule has 4 nitrogen and oxygen atoms in total. The third-order valence-corrected chi connectivity index (χ3v) is 3.84. The van der Waals surface area contributed by atoms with Gasteiger partial charge >= 0.3 is 0 Å². The first-order chi connectivity index (χ1) is 9.69. The highest BCUT2D eigenvalue weighted by atomic mass is 35.5. The Morgan fingerprint density at radius 3 is 3.10 bits per heavy atom. The minimum Gasteiger partial charge on any atom is -0.367 e. The number of hydrogen-bond acceptors (Lipinski definition) is 4. The van der Waals surface area contributed by atoms with Gasteiger partial charge < -0.3 is 10.2 Å².